The average Bonchev–Trinajstić information content (AvgIpc) is 2.41. The minimum atomic E-state index is -0.413. The van der Waals surface area contributed by atoms with Crippen LogP contribution in [0.2, 0.25) is 5.02 Å². The van der Waals surface area contributed by atoms with Crippen molar-refractivity contribution < 1.29 is 9.53 Å². The van der Waals surface area contributed by atoms with Gasteiger partial charge in [0.05, 0.1) is 24.5 Å². The van der Waals surface area contributed by atoms with Gasteiger partial charge in [0.15, 0.2) is 0 Å². The fourth-order valence-corrected chi connectivity index (χ4v) is 1.62. The van der Waals surface area contributed by atoms with E-state index in [0.29, 0.717) is 16.5 Å². The molecule has 19 heavy (non-hydrogen) atoms. The Bertz CT molecular complexity index is 618. The average molecular weight is 279 g/mol. The molecule has 0 fully saturated rings. The Labute approximate surface area is 114 Å². The van der Waals surface area contributed by atoms with E-state index in [0.717, 1.165) is 0 Å². The number of nitrogens with two attached hydrogens (primary N) is 1. The van der Waals surface area contributed by atoms with Crippen molar-refractivity contribution in [2.45, 2.75) is 0 Å². The Hall–Kier alpha value is -2.34. The van der Waals surface area contributed by atoms with Crippen molar-refractivity contribution in [3.8, 4) is 5.75 Å². The Morgan fingerprint density at radius 3 is 2.89 bits per heavy atom. The number of methoxy groups -OCH3 is 1. The van der Waals surface area contributed by atoms with E-state index in [1.165, 1.54) is 19.5 Å². The first-order valence-corrected chi connectivity index (χ1v) is 5.70. The Kier molecular flexibility index (Phi) is 3.82. The van der Waals surface area contributed by atoms with Gasteiger partial charge in [-0.3, -0.25) is 9.78 Å². The zero-order chi connectivity index (χ0) is 13.8. The molecular weight excluding hydrogens is 268 g/mol. The van der Waals surface area contributed by atoms with Crippen LogP contribution in [0, 0.1) is 0 Å². The summed E-state index contributed by atoms with van der Waals surface area (Å²) in [5, 5.41) is 3.11. The fraction of sp³-hybridized carbons (Fsp3) is 0.0833. The van der Waals surface area contributed by atoms with Crippen LogP contribution in [0.25, 0.3) is 0 Å². The van der Waals surface area contributed by atoms with Crippen molar-refractivity contribution in [1.82, 2.24) is 9.97 Å². The van der Waals surface area contributed by atoms with Crippen molar-refractivity contribution >= 4 is 29.0 Å². The second kappa shape index (κ2) is 5.53. The van der Waals surface area contributed by atoms with Gasteiger partial charge in [0, 0.05) is 11.8 Å². The second-order valence-electron chi connectivity index (χ2n) is 3.63. The third-order valence-corrected chi connectivity index (χ3v) is 2.61. The van der Waals surface area contributed by atoms with Crippen molar-refractivity contribution in [3.63, 3.8) is 0 Å². The number of rotatable bonds is 3. The molecule has 6 nitrogen and oxygen atoms in total. The molecule has 0 unspecified atom stereocenters. The third kappa shape index (κ3) is 3.11. The maximum Gasteiger partial charge on any atom is 0.275 e. The number of aromatic nitrogens is 2. The monoisotopic (exact) mass is 278 g/mol. The lowest BCUT2D eigenvalue weighted by Crippen LogP contribution is -2.14. The van der Waals surface area contributed by atoms with E-state index in [4.69, 9.17) is 22.1 Å². The number of halogens is 1. The number of nitrogens with zero attached hydrogens (tertiary/aromatic N) is 2. The van der Waals surface area contributed by atoms with Gasteiger partial charge in [-0.1, -0.05) is 11.6 Å². The van der Waals surface area contributed by atoms with Gasteiger partial charge in [-0.2, -0.15) is 0 Å². The highest BCUT2D eigenvalue weighted by molar-refractivity contribution is 6.32. The van der Waals surface area contributed by atoms with Gasteiger partial charge in [-0.25, -0.2) is 4.98 Å². The molecule has 1 amide bonds. The summed E-state index contributed by atoms with van der Waals surface area (Å²) in [5.41, 5.74) is 6.13. The molecule has 0 bridgehead atoms. The summed E-state index contributed by atoms with van der Waals surface area (Å²) in [6.45, 7) is 0. The maximum atomic E-state index is 11.9. The highest BCUT2D eigenvalue weighted by Crippen LogP contribution is 2.27. The molecule has 98 valence electrons. The predicted molar refractivity (Wildman–Crippen MR) is 72.4 cm³/mol. The summed E-state index contributed by atoms with van der Waals surface area (Å²) in [6, 6.07) is 4.89. The van der Waals surface area contributed by atoms with Crippen LogP contribution in [0.1, 0.15) is 10.5 Å². The molecule has 0 saturated heterocycles. The van der Waals surface area contributed by atoms with E-state index in [9.17, 15) is 4.79 Å². The van der Waals surface area contributed by atoms with E-state index in [1.54, 1.807) is 18.2 Å². The summed E-state index contributed by atoms with van der Waals surface area (Å²) in [6.07, 6.45) is 2.70. The largest absolute Gasteiger partial charge is 0.495 e. The minimum absolute atomic E-state index is 0.133. The predicted octanol–water partition coefficient (Wildman–Crippen LogP) is 1.97. The first-order valence-electron chi connectivity index (χ1n) is 5.32. The second-order valence-corrected chi connectivity index (χ2v) is 4.04. The summed E-state index contributed by atoms with van der Waals surface area (Å²) in [7, 11) is 1.50. The van der Waals surface area contributed by atoms with E-state index < -0.39 is 5.91 Å². The third-order valence-electron chi connectivity index (χ3n) is 2.29. The van der Waals surface area contributed by atoms with E-state index >= 15 is 0 Å². The van der Waals surface area contributed by atoms with E-state index in [2.05, 4.69) is 15.3 Å². The molecule has 0 aliphatic rings. The van der Waals surface area contributed by atoms with Crippen LogP contribution in [-0.2, 0) is 0 Å². The topological polar surface area (TPSA) is 90.1 Å². The Morgan fingerprint density at radius 1 is 1.42 bits per heavy atom. The van der Waals surface area contributed by atoms with Gasteiger partial charge in [0.1, 0.15) is 17.3 Å². The van der Waals surface area contributed by atoms with Crippen LogP contribution in [0.15, 0.2) is 30.6 Å². The van der Waals surface area contributed by atoms with Gasteiger partial charge in [-0.05, 0) is 12.1 Å². The molecule has 0 atom stereocenters. The quantitative estimate of drug-likeness (QED) is 0.896. The molecule has 0 saturated carbocycles. The van der Waals surface area contributed by atoms with Crippen LogP contribution in [0.4, 0.5) is 11.5 Å². The zero-order valence-corrected chi connectivity index (χ0v) is 10.8. The lowest BCUT2D eigenvalue weighted by atomic mass is 10.3. The minimum Gasteiger partial charge on any atom is -0.495 e. The van der Waals surface area contributed by atoms with Crippen LogP contribution in [-0.4, -0.2) is 23.0 Å². The van der Waals surface area contributed by atoms with Crippen molar-refractivity contribution in [3.05, 3.63) is 41.3 Å². The van der Waals surface area contributed by atoms with Gasteiger partial charge >= 0.3 is 0 Å². The first kappa shape index (κ1) is 13.1. The van der Waals surface area contributed by atoms with Crippen LogP contribution in [0.3, 0.4) is 0 Å². The molecule has 0 spiro atoms. The van der Waals surface area contributed by atoms with Crippen molar-refractivity contribution in [2.24, 2.45) is 0 Å². The van der Waals surface area contributed by atoms with E-state index in [-0.39, 0.29) is 11.5 Å². The molecule has 2 rings (SSSR count). The zero-order valence-electron chi connectivity index (χ0n) is 10.1. The molecule has 7 heteroatoms. The number of ether oxygens (including phenoxy) is 1. The van der Waals surface area contributed by atoms with Crippen LogP contribution < -0.4 is 15.8 Å². The molecule has 0 radical (unpaired) electrons. The number of carbonyl (C=O) groups excluding carboxylic acids is 1. The molecule has 3 N–H and O–H groups in total. The van der Waals surface area contributed by atoms with Gasteiger partial charge in [0.25, 0.3) is 5.91 Å². The smallest absolute Gasteiger partial charge is 0.275 e. The van der Waals surface area contributed by atoms with Gasteiger partial charge < -0.3 is 15.8 Å². The van der Waals surface area contributed by atoms with E-state index in [1.807, 2.05) is 0 Å². The number of hydrogen-bond acceptors (Lipinski definition) is 5. The first-order chi connectivity index (χ1) is 9.10. The van der Waals surface area contributed by atoms with Crippen molar-refractivity contribution in [2.75, 3.05) is 18.2 Å². The van der Waals surface area contributed by atoms with Crippen LogP contribution in [0.5, 0.6) is 5.75 Å². The molecule has 2 aromatic rings. The summed E-state index contributed by atoms with van der Waals surface area (Å²) in [4.78, 5) is 19.6. The van der Waals surface area contributed by atoms with Gasteiger partial charge in [-0.15, -0.1) is 0 Å². The molecular formula is C12H11ClN4O2. The number of nitrogens with one attached hydrogen (secondary N) is 1. The highest BCUT2D eigenvalue weighted by atomic mass is 35.5. The SMILES string of the molecule is COc1cc(NC(=O)c2cncc(N)n2)ccc1Cl. The number of hydrogen-bond donors (Lipinski definition) is 2. The fourth-order valence-electron chi connectivity index (χ4n) is 1.42. The maximum absolute atomic E-state index is 11.9. The molecule has 1 aromatic heterocycles. The normalized spacial score (nSPS) is 10.0. The molecule has 0 aliphatic carbocycles. The summed E-state index contributed by atoms with van der Waals surface area (Å²) < 4.78 is 5.06. The molecule has 0 aliphatic heterocycles. The standard InChI is InChI=1S/C12H11ClN4O2/c1-19-10-4-7(2-3-8(10)13)16-12(18)9-5-15-6-11(14)17-9/h2-6H,1H3,(H2,14,17)(H,16,18). The highest BCUT2D eigenvalue weighted by Gasteiger charge is 2.10. The lowest BCUT2D eigenvalue weighted by molar-refractivity contribution is 0.102. The lowest BCUT2D eigenvalue weighted by Gasteiger charge is -2.08. The number of carbonyl (C=O) groups is 1. The number of anilines is 2. The number of amides is 1. The number of nitrogen functional groups attached to an aromatic ring is 1. The van der Waals surface area contributed by atoms with Gasteiger partial charge in [0.2, 0.25) is 0 Å². The number of benzene rings is 1. The Morgan fingerprint density at radius 2 is 2.21 bits per heavy atom. The molecule has 1 aromatic carbocycles. The summed E-state index contributed by atoms with van der Waals surface area (Å²) >= 11 is 5.89. The summed E-state index contributed by atoms with van der Waals surface area (Å²) in [5.74, 6) is 0.239. The van der Waals surface area contributed by atoms with Crippen LogP contribution >= 0.6 is 11.6 Å². The molecule has 1 heterocycles. The Balaban J connectivity index is 2.19. The van der Waals surface area contributed by atoms with Crippen molar-refractivity contribution in [1.29, 1.82) is 0 Å².